The van der Waals surface area contributed by atoms with Gasteiger partial charge in [-0.3, -0.25) is 14.4 Å². The van der Waals surface area contributed by atoms with Crippen LogP contribution < -0.4 is 10.2 Å². The lowest BCUT2D eigenvalue weighted by Gasteiger charge is -2.43. The monoisotopic (exact) mass is 532 g/mol. The highest BCUT2D eigenvalue weighted by atomic mass is 16.2. The number of piperidine rings is 1. The third-order valence-corrected chi connectivity index (χ3v) is 8.02. The average molecular weight is 533 g/mol. The van der Waals surface area contributed by atoms with Gasteiger partial charge in [-0.05, 0) is 55.2 Å². The largest absolute Gasteiger partial charge is 0.348 e. The van der Waals surface area contributed by atoms with E-state index in [0.717, 1.165) is 17.7 Å². The van der Waals surface area contributed by atoms with Crippen LogP contribution in [-0.4, -0.2) is 59.4 Å². The van der Waals surface area contributed by atoms with E-state index < -0.39 is 5.54 Å². The molecule has 3 amide bonds. The number of rotatable bonds is 8. The summed E-state index contributed by atoms with van der Waals surface area (Å²) >= 11 is 0. The van der Waals surface area contributed by atoms with Crippen LogP contribution in [-0.2, 0) is 14.4 Å². The first kappa shape index (κ1) is 28.7. The van der Waals surface area contributed by atoms with E-state index in [9.17, 15) is 14.4 Å². The number of likely N-dealkylation sites (tertiary alicyclic amines) is 1. The Bertz CT molecular complexity index is 1140. The fourth-order valence-electron chi connectivity index (χ4n) is 6.28. The summed E-state index contributed by atoms with van der Waals surface area (Å²) in [4.78, 5) is 45.8. The number of hydrogen-bond donors (Lipinski definition) is 1. The zero-order valence-corrected chi connectivity index (χ0v) is 24.2. The van der Waals surface area contributed by atoms with Crippen LogP contribution in [0.25, 0.3) is 0 Å². The zero-order chi connectivity index (χ0) is 28.2. The molecule has 39 heavy (non-hydrogen) atoms. The molecule has 0 unspecified atom stereocenters. The van der Waals surface area contributed by atoms with Gasteiger partial charge in [-0.15, -0.1) is 0 Å². The Morgan fingerprint density at radius 3 is 2.13 bits per heavy atom. The van der Waals surface area contributed by atoms with Crippen molar-refractivity contribution in [2.24, 2.45) is 11.3 Å². The number of hydrogen-bond acceptors (Lipinski definition) is 4. The van der Waals surface area contributed by atoms with Crippen molar-refractivity contribution in [3.8, 4) is 0 Å². The molecule has 0 bridgehead atoms. The molecule has 2 aromatic carbocycles. The van der Waals surface area contributed by atoms with Gasteiger partial charge in [0.15, 0.2) is 0 Å². The normalized spacial score (nSPS) is 18.8. The van der Waals surface area contributed by atoms with Crippen LogP contribution in [0, 0.1) is 11.3 Å². The van der Waals surface area contributed by atoms with Crippen molar-refractivity contribution in [3.05, 3.63) is 66.2 Å². The summed E-state index contributed by atoms with van der Waals surface area (Å²) in [5.74, 6) is 0.284. The number of para-hydroxylation sites is 1. The fourth-order valence-corrected chi connectivity index (χ4v) is 6.28. The van der Waals surface area contributed by atoms with Crippen molar-refractivity contribution in [2.45, 2.75) is 71.9 Å². The van der Waals surface area contributed by atoms with E-state index in [1.165, 1.54) is 0 Å². The van der Waals surface area contributed by atoms with Crippen LogP contribution in [0.3, 0.4) is 0 Å². The molecule has 1 spiro atoms. The quantitative estimate of drug-likeness (QED) is 0.520. The smallest absolute Gasteiger partial charge is 0.250 e. The maximum absolute atomic E-state index is 14.0. The lowest BCUT2D eigenvalue weighted by molar-refractivity contribution is -0.140. The van der Waals surface area contributed by atoms with Crippen LogP contribution in [0.1, 0.15) is 71.9 Å². The van der Waals surface area contributed by atoms with Crippen LogP contribution >= 0.6 is 0 Å². The van der Waals surface area contributed by atoms with Crippen LogP contribution in [0.2, 0.25) is 0 Å². The van der Waals surface area contributed by atoms with Crippen LogP contribution in [0.15, 0.2) is 60.7 Å². The van der Waals surface area contributed by atoms with E-state index in [4.69, 9.17) is 0 Å². The molecule has 1 N–H and O–H groups in total. The minimum Gasteiger partial charge on any atom is -0.348 e. The number of nitrogens with one attached hydrogen (secondary N) is 1. The third kappa shape index (κ3) is 6.81. The predicted octanol–water partition coefficient (Wildman–Crippen LogP) is 4.99. The molecule has 4 rings (SSSR count). The Labute approximate surface area is 233 Å². The van der Waals surface area contributed by atoms with Gasteiger partial charge >= 0.3 is 0 Å². The molecule has 2 aromatic rings. The van der Waals surface area contributed by atoms with Crippen molar-refractivity contribution in [1.82, 2.24) is 15.1 Å². The highest BCUT2D eigenvalue weighted by Crippen LogP contribution is 2.39. The van der Waals surface area contributed by atoms with Crippen molar-refractivity contribution >= 4 is 23.4 Å². The Kier molecular flexibility index (Phi) is 8.67. The van der Waals surface area contributed by atoms with E-state index in [-0.39, 0.29) is 35.7 Å². The molecule has 2 fully saturated rings. The first-order chi connectivity index (χ1) is 18.5. The summed E-state index contributed by atoms with van der Waals surface area (Å²) in [6.07, 6.45) is 2.64. The lowest BCUT2D eigenvalue weighted by atomic mass is 9.83. The van der Waals surface area contributed by atoms with Gasteiger partial charge in [0, 0.05) is 25.2 Å². The number of amides is 3. The van der Waals surface area contributed by atoms with Gasteiger partial charge < -0.3 is 20.0 Å². The third-order valence-electron chi connectivity index (χ3n) is 8.02. The molecule has 7 nitrogen and oxygen atoms in total. The maximum Gasteiger partial charge on any atom is 0.250 e. The molecule has 210 valence electrons. The van der Waals surface area contributed by atoms with Gasteiger partial charge in [-0.1, -0.05) is 76.2 Å². The van der Waals surface area contributed by atoms with E-state index >= 15 is 0 Å². The fraction of sp³-hybridized carbons (Fsp3) is 0.531. The molecule has 2 aliphatic heterocycles. The molecule has 0 aliphatic carbocycles. The van der Waals surface area contributed by atoms with Crippen LogP contribution in [0.5, 0.6) is 0 Å². The van der Waals surface area contributed by atoms with Gasteiger partial charge in [0.05, 0.1) is 12.7 Å². The highest BCUT2D eigenvalue weighted by molar-refractivity contribution is 5.96. The van der Waals surface area contributed by atoms with E-state index in [1.807, 2.05) is 72.5 Å². The molecule has 0 aromatic heterocycles. The molecule has 0 saturated carbocycles. The summed E-state index contributed by atoms with van der Waals surface area (Å²) in [6, 6.07) is 19.6. The van der Waals surface area contributed by atoms with Gasteiger partial charge in [-0.25, -0.2) is 0 Å². The van der Waals surface area contributed by atoms with Gasteiger partial charge in [0.2, 0.25) is 11.8 Å². The average Bonchev–Trinajstić information content (AvgIpc) is 3.15. The predicted molar refractivity (Wildman–Crippen MR) is 155 cm³/mol. The highest BCUT2D eigenvalue weighted by Gasteiger charge is 2.54. The summed E-state index contributed by atoms with van der Waals surface area (Å²) in [7, 11) is 0. The Morgan fingerprint density at radius 1 is 0.949 bits per heavy atom. The molecular weight excluding hydrogens is 488 g/mol. The van der Waals surface area contributed by atoms with Crippen molar-refractivity contribution in [1.29, 1.82) is 0 Å². The number of anilines is 1. The molecule has 2 aliphatic rings. The van der Waals surface area contributed by atoms with Crippen LogP contribution in [0.4, 0.5) is 5.69 Å². The summed E-state index contributed by atoms with van der Waals surface area (Å²) < 4.78 is 0. The van der Waals surface area contributed by atoms with E-state index in [1.54, 1.807) is 4.90 Å². The lowest BCUT2D eigenvalue weighted by Crippen LogP contribution is -2.57. The van der Waals surface area contributed by atoms with Gasteiger partial charge in [0.1, 0.15) is 12.1 Å². The minimum absolute atomic E-state index is 0.00799. The summed E-state index contributed by atoms with van der Waals surface area (Å²) in [5.41, 5.74) is 1.42. The first-order valence-corrected chi connectivity index (χ1v) is 14.2. The number of carbonyl (C=O) groups excluding carboxylic acids is 3. The second-order valence-electron chi connectivity index (χ2n) is 12.6. The number of carbonyl (C=O) groups is 3. The molecule has 2 atom stereocenters. The zero-order valence-electron chi connectivity index (χ0n) is 24.2. The Morgan fingerprint density at radius 2 is 1.54 bits per heavy atom. The van der Waals surface area contributed by atoms with Crippen molar-refractivity contribution < 1.29 is 14.4 Å². The number of benzene rings is 2. The molecule has 2 saturated heterocycles. The van der Waals surface area contributed by atoms with Gasteiger partial charge in [-0.2, -0.15) is 0 Å². The molecule has 2 heterocycles. The maximum atomic E-state index is 14.0. The minimum atomic E-state index is -0.750. The van der Waals surface area contributed by atoms with E-state index in [2.05, 4.69) is 37.9 Å². The van der Waals surface area contributed by atoms with E-state index in [0.29, 0.717) is 44.9 Å². The molecule has 7 heteroatoms. The number of nitrogens with zero attached hydrogens (tertiary/aromatic N) is 3. The second-order valence-corrected chi connectivity index (χ2v) is 12.6. The van der Waals surface area contributed by atoms with Gasteiger partial charge in [0.25, 0.3) is 5.91 Å². The van der Waals surface area contributed by atoms with Crippen molar-refractivity contribution in [2.75, 3.05) is 31.2 Å². The SMILES string of the molecule is C[C@H](CC(=O)N1CCC2(CC1)C(=O)N(CC(=O)N[C@H](C)c1ccccc1)CN2c1ccccc1)CC(C)(C)C. The molecule has 0 radical (unpaired) electrons. The standard InChI is InChI=1S/C32H44N4O3/c1-24(21-31(3,4)5)20-29(38)34-18-16-32(17-19-34)30(39)35(23-36(32)27-14-10-7-11-15-27)22-28(37)33-25(2)26-12-8-6-9-13-26/h6-15,24-25H,16-23H2,1-5H3,(H,33,37)/t24-,25-/m1/s1. The summed E-state index contributed by atoms with van der Waals surface area (Å²) in [6.45, 7) is 12.2. The first-order valence-electron chi connectivity index (χ1n) is 14.2. The Hall–Kier alpha value is -3.35. The second kappa shape index (κ2) is 11.8. The Balaban J connectivity index is 1.44. The van der Waals surface area contributed by atoms with Crippen molar-refractivity contribution in [3.63, 3.8) is 0 Å². The molecular formula is C32H44N4O3. The topological polar surface area (TPSA) is 73.0 Å². The summed E-state index contributed by atoms with van der Waals surface area (Å²) in [5, 5.41) is 3.04.